The van der Waals surface area contributed by atoms with Gasteiger partial charge in [0.1, 0.15) is 0 Å². The van der Waals surface area contributed by atoms with Gasteiger partial charge >= 0.3 is 0 Å². The summed E-state index contributed by atoms with van der Waals surface area (Å²) in [5, 5.41) is 2.98. The predicted octanol–water partition coefficient (Wildman–Crippen LogP) is 3.65. The maximum Gasteiger partial charge on any atom is 0.261 e. The number of carbonyl (C=O) groups is 3. The second kappa shape index (κ2) is 9.02. The van der Waals surface area contributed by atoms with Gasteiger partial charge in [-0.15, -0.1) is 0 Å². The minimum absolute atomic E-state index is 0.0230. The van der Waals surface area contributed by atoms with Crippen LogP contribution in [0.5, 0.6) is 0 Å². The summed E-state index contributed by atoms with van der Waals surface area (Å²) >= 11 is 0. The highest BCUT2D eigenvalue weighted by Gasteiger charge is 2.40. The maximum atomic E-state index is 13.0. The van der Waals surface area contributed by atoms with Crippen molar-refractivity contribution in [3.8, 4) is 0 Å². The van der Waals surface area contributed by atoms with Crippen LogP contribution in [0, 0.1) is 0 Å². The number of rotatable bonds is 6. The van der Waals surface area contributed by atoms with Crippen LogP contribution < -0.4 is 5.32 Å². The molecule has 1 unspecified atom stereocenters. The summed E-state index contributed by atoms with van der Waals surface area (Å²) in [6.07, 6.45) is 4.97. The summed E-state index contributed by atoms with van der Waals surface area (Å²) in [5.74, 6) is -0.741. The molecule has 162 valence electrons. The lowest BCUT2D eigenvalue weighted by molar-refractivity contribution is 0.0548. The van der Waals surface area contributed by atoms with E-state index in [0.29, 0.717) is 23.2 Å². The monoisotopic (exact) mass is 419 g/mol. The lowest BCUT2D eigenvalue weighted by atomic mass is 9.94. The number of likely N-dealkylation sites (N-methyl/N-ethyl adjacent to an activating group) is 1. The molecule has 1 aliphatic heterocycles. The third kappa shape index (κ3) is 4.26. The zero-order valence-corrected chi connectivity index (χ0v) is 18.1. The first kappa shape index (κ1) is 21.2. The number of benzene rings is 2. The van der Waals surface area contributed by atoms with E-state index in [2.05, 4.69) is 10.2 Å². The van der Waals surface area contributed by atoms with E-state index in [1.165, 1.54) is 4.90 Å². The van der Waals surface area contributed by atoms with Crippen LogP contribution in [0.3, 0.4) is 0 Å². The van der Waals surface area contributed by atoms with Gasteiger partial charge in [0.25, 0.3) is 17.7 Å². The van der Waals surface area contributed by atoms with Crippen molar-refractivity contribution in [1.29, 1.82) is 0 Å². The van der Waals surface area contributed by atoms with E-state index in [1.807, 2.05) is 44.4 Å². The van der Waals surface area contributed by atoms with Crippen LogP contribution in [0.15, 0.2) is 48.5 Å². The van der Waals surface area contributed by atoms with Crippen LogP contribution in [0.1, 0.15) is 74.8 Å². The van der Waals surface area contributed by atoms with Crippen LogP contribution in [0.2, 0.25) is 0 Å². The molecule has 31 heavy (non-hydrogen) atoms. The largest absolute Gasteiger partial charge is 0.350 e. The number of fused-ring (bicyclic) bond motifs is 1. The Morgan fingerprint density at radius 3 is 2.35 bits per heavy atom. The number of nitrogens with zero attached hydrogens (tertiary/aromatic N) is 2. The first-order chi connectivity index (χ1) is 15.0. The van der Waals surface area contributed by atoms with Gasteiger partial charge in [-0.05, 0) is 50.7 Å². The Hall–Kier alpha value is -2.99. The van der Waals surface area contributed by atoms with Crippen LogP contribution in [0.4, 0.5) is 0 Å². The van der Waals surface area contributed by atoms with Crippen molar-refractivity contribution in [3.63, 3.8) is 0 Å². The number of carbonyl (C=O) groups excluding carboxylic acids is 3. The molecule has 2 aromatic rings. The summed E-state index contributed by atoms with van der Waals surface area (Å²) < 4.78 is 0. The highest BCUT2D eigenvalue weighted by Crippen LogP contribution is 2.31. The van der Waals surface area contributed by atoms with Gasteiger partial charge in [-0.2, -0.15) is 0 Å². The molecule has 0 saturated heterocycles. The molecular formula is C25H29N3O3. The Bertz CT molecular complexity index is 981. The molecule has 0 aromatic heterocycles. The fourth-order valence-corrected chi connectivity index (χ4v) is 4.64. The summed E-state index contributed by atoms with van der Waals surface area (Å²) in [5.41, 5.74) is 2.26. The van der Waals surface area contributed by atoms with E-state index in [1.54, 1.807) is 18.2 Å². The van der Waals surface area contributed by atoms with E-state index in [-0.39, 0.29) is 29.8 Å². The lowest BCUT2D eigenvalue weighted by Gasteiger charge is -2.29. The Morgan fingerprint density at radius 1 is 1.00 bits per heavy atom. The van der Waals surface area contributed by atoms with Crippen molar-refractivity contribution >= 4 is 17.7 Å². The first-order valence-electron chi connectivity index (χ1n) is 11.0. The SMILES string of the molecule is CN(C)C(CNC(=O)c1ccc2c(c1)C(=O)N(C1CCCCC1)C2=O)c1ccccc1. The Balaban J connectivity index is 1.48. The molecule has 4 rings (SSSR count). The van der Waals surface area contributed by atoms with Crippen molar-refractivity contribution in [2.24, 2.45) is 0 Å². The van der Waals surface area contributed by atoms with Crippen molar-refractivity contribution in [3.05, 3.63) is 70.8 Å². The number of hydrogen-bond donors (Lipinski definition) is 1. The predicted molar refractivity (Wildman–Crippen MR) is 119 cm³/mol. The standard InChI is InChI=1S/C25H29N3O3/c1-27(2)22(17-9-5-3-6-10-17)16-26-23(29)18-13-14-20-21(15-18)25(31)28(24(20)30)19-11-7-4-8-12-19/h3,5-6,9-10,13-15,19,22H,4,7-8,11-12,16H2,1-2H3,(H,26,29). The molecule has 0 bridgehead atoms. The summed E-state index contributed by atoms with van der Waals surface area (Å²) in [4.78, 5) is 42.1. The molecule has 1 fully saturated rings. The minimum atomic E-state index is -0.267. The van der Waals surface area contributed by atoms with Gasteiger partial charge < -0.3 is 10.2 Å². The summed E-state index contributed by atoms with van der Waals surface area (Å²) in [6.45, 7) is 0.438. The van der Waals surface area contributed by atoms with E-state index >= 15 is 0 Å². The van der Waals surface area contributed by atoms with Crippen molar-refractivity contribution < 1.29 is 14.4 Å². The third-order valence-corrected chi connectivity index (χ3v) is 6.38. The normalized spacial score (nSPS) is 17.7. The van der Waals surface area contributed by atoms with Gasteiger partial charge in [0.15, 0.2) is 0 Å². The fraction of sp³-hybridized carbons (Fsp3) is 0.400. The molecule has 0 radical (unpaired) electrons. The molecule has 2 aliphatic rings. The number of nitrogens with one attached hydrogen (secondary N) is 1. The average Bonchev–Trinajstić information content (AvgIpc) is 3.04. The second-order valence-corrected chi connectivity index (χ2v) is 8.63. The van der Waals surface area contributed by atoms with Gasteiger partial charge in [0, 0.05) is 18.2 Å². The number of amides is 3. The summed E-state index contributed by atoms with van der Waals surface area (Å²) in [6, 6.07) is 14.8. The smallest absolute Gasteiger partial charge is 0.261 e. The van der Waals surface area contributed by atoms with Crippen molar-refractivity contribution in [1.82, 2.24) is 15.1 Å². The van der Waals surface area contributed by atoms with E-state index in [4.69, 9.17) is 0 Å². The molecular weight excluding hydrogens is 390 g/mol. The van der Waals surface area contributed by atoms with E-state index < -0.39 is 0 Å². The quantitative estimate of drug-likeness (QED) is 0.726. The Labute approximate surface area is 183 Å². The molecule has 1 saturated carbocycles. The van der Waals surface area contributed by atoms with Crippen LogP contribution >= 0.6 is 0 Å². The molecule has 3 amide bonds. The minimum Gasteiger partial charge on any atom is -0.350 e. The average molecular weight is 420 g/mol. The van der Waals surface area contributed by atoms with Crippen molar-refractivity contribution in [2.75, 3.05) is 20.6 Å². The second-order valence-electron chi connectivity index (χ2n) is 8.63. The van der Waals surface area contributed by atoms with Gasteiger partial charge in [-0.3, -0.25) is 19.3 Å². The van der Waals surface area contributed by atoms with Crippen LogP contribution in [-0.2, 0) is 0 Å². The zero-order valence-electron chi connectivity index (χ0n) is 18.1. The highest BCUT2D eigenvalue weighted by atomic mass is 16.2. The van der Waals surface area contributed by atoms with Crippen molar-refractivity contribution in [2.45, 2.75) is 44.2 Å². The summed E-state index contributed by atoms with van der Waals surface area (Å²) in [7, 11) is 3.95. The molecule has 2 aromatic carbocycles. The van der Waals surface area contributed by atoms with Crippen LogP contribution in [0.25, 0.3) is 0 Å². The molecule has 6 heteroatoms. The van der Waals surface area contributed by atoms with E-state index in [0.717, 1.165) is 37.7 Å². The molecule has 1 N–H and O–H groups in total. The maximum absolute atomic E-state index is 13.0. The Kier molecular flexibility index (Phi) is 6.18. The topological polar surface area (TPSA) is 69.7 Å². The third-order valence-electron chi connectivity index (χ3n) is 6.38. The Morgan fingerprint density at radius 2 is 1.68 bits per heavy atom. The van der Waals surface area contributed by atoms with Gasteiger partial charge in [0.2, 0.25) is 0 Å². The fourth-order valence-electron chi connectivity index (χ4n) is 4.64. The van der Waals surface area contributed by atoms with Gasteiger partial charge in [0.05, 0.1) is 17.2 Å². The first-order valence-corrected chi connectivity index (χ1v) is 11.0. The van der Waals surface area contributed by atoms with Crippen LogP contribution in [-0.4, -0.2) is 54.2 Å². The molecule has 1 heterocycles. The van der Waals surface area contributed by atoms with Gasteiger partial charge in [-0.1, -0.05) is 49.6 Å². The van der Waals surface area contributed by atoms with E-state index in [9.17, 15) is 14.4 Å². The van der Waals surface area contributed by atoms with Gasteiger partial charge in [-0.25, -0.2) is 0 Å². The number of imide groups is 1. The molecule has 1 aliphatic carbocycles. The number of hydrogen-bond acceptors (Lipinski definition) is 4. The molecule has 6 nitrogen and oxygen atoms in total. The highest BCUT2D eigenvalue weighted by molar-refractivity contribution is 6.22. The molecule has 1 atom stereocenters. The molecule has 0 spiro atoms. The lowest BCUT2D eigenvalue weighted by Crippen LogP contribution is -2.40. The zero-order chi connectivity index (χ0) is 22.0.